The number of aromatic nitrogens is 1. The van der Waals surface area contributed by atoms with Gasteiger partial charge in [-0.15, -0.1) is 11.3 Å². The molecule has 2 bridgehead atoms. The Labute approximate surface area is 299 Å². The Kier molecular flexibility index (Phi) is 11.6. The Morgan fingerprint density at radius 2 is 1.84 bits per heavy atom. The van der Waals surface area contributed by atoms with Gasteiger partial charge in [0.25, 0.3) is 0 Å². The Balaban J connectivity index is 1.17. The fourth-order valence-electron chi connectivity index (χ4n) is 6.61. The molecule has 1 aliphatic carbocycles. The number of allylic oxidation sites excluding steroid dienone is 3. The molecule has 260 valence electrons. The molecule has 1 N–H and O–H groups in total. The number of piperidine rings is 3. The van der Waals surface area contributed by atoms with Gasteiger partial charge in [0.1, 0.15) is 29.0 Å². The molecule has 3 aliphatic heterocycles. The summed E-state index contributed by atoms with van der Waals surface area (Å²) in [7, 11) is 3.07. The Morgan fingerprint density at radius 3 is 2.51 bits per heavy atom. The van der Waals surface area contributed by atoms with Gasteiger partial charge in [-0.05, 0) is 97.8 Å². The number of thiophene rings is 1. The van der Waals surface area contributed by atoms with Gasteiger partial charge in [-0.25, -0.2) is 14.0 Å². The standard InChI is InChI=1S/C36H38Cl2FN3O6S/c1-45-29-8-6-22(15-31(29)46-2)30(16-26-27(37)18-40-19-28(26)38)47-35(43)33-9-7-25(49-33)17-41-34(23-4-3-5-24(39)14-23)36(44)48-32-20-42-12-10-21(32)11-13-42/h5-9,14-15,18-19,21,30,32,34,41H,3-4,10-13,16-17,20H2,1-2H3/t30-,32-,34?/m0/s1. The summed E-state index contributed by atoms with van der Waals surface area (Å²) >= 11 is 14.1. The molecule has 7 rings (SSSR count). The number of hydrogen-bond acceptors (Lipinski definition) is 10. The number of rotatable bonds is 13. The van der Waals surface area contributed by atoms with E-state index in [0.717, 1.165) is 37.4 Å². The first kappa shape index (κ1) is 35.3. The molecule has 0 radical (unpaired) electrons. The number of nitrogens with zero attached hydrogens (tertiary/aromatic N) is 2. The van der Waals surface area contributed by atoms with E-state index in [0.29, 0.717) is 61.9 Å². The maximum atomic E-state index is 14.3. The predicted octanol–water partition coefficient (Wildman–Crippen LogP) is 7.28. The number of carbonyl (C=O) groups is 2. The Hall–Kier alpha value is -3.48. The number of benzene rings is 1. The number of halogens is 3. The number of hydrogen-bond donors (Lipinski definition) is 1. The van der Waals surface area contributed by atoms with Crippen LogP contribution in [0.25, 0.3) is 0 Å². The smallest absolute Gasteiger partial charge is 0.348 e. The summed E-state index contributed by atoms with van der Waals surface area (Å²) in [6, 6.07) is 7.96. The van der Waals surface area contributed by atoms with E-state index in [9.17, 15) is 14.0 Å². The lowest BCUT2D eigenvalue weighted by atomic mass is 9.86. The van der Waals surface area contributed by atoms with Crippen LogP contribution in [-0.2, 0) is 27.2 Å². The number of methoxy groups -OCH3 is 2. The van der Waals surface area contributed by atoms with Gasteiger partial charge in [0.05, 0.1) is 24.3 Å². The summed E-state index contributed by atoms with van der Waals surface area (Å²) < 4.78 is 37.3. The number of carbonyl (C=O) groups excluding carboxylic acids is 2. The van der Waals surface area contributed by atoms with Crippen molar-refractivity contribution in [2.24, 2.45) is 5.92 Å². The first-order valence-electron chi connectivity index (χ1n) is 16.2. The zero-order valence-electron chi connectivity index (χ0n) is 27.3. The molecule has 4 aliphatic rings. The van der Waals surface area contributed by atoms with Crippen molar-refractivity contribution < 1.29 is 32.9 Å². The third-order valence-corrected chi connectivity index (χ3v) is 11.0. The van der Waals surface area contributed by atoms with Crippen LogP contribution in [0.2, 0.25) is 10.0 Å². The molecule has 1 unspecified atom stereocenters. The number of fused-ring (bicyclic) bond motifs is 3. The number of esters is 2. The molecule has 3 saturated heterocycles. The fraction of sp³-hybridized carbons (Fsp3) is 0.417. The molecule has 49 heavy (non-hydrogen) atoms. The van der Waals surface area contributed by atoms with Crippen molar-refractivity contribution in [2.75, 3.05) is 33.9 Å². The van der Waals surface area contributed by atoms with Crippen LogP contribution in [0.5, 0.6) is 11.5 Å². The summed E-state index contributed by atoms with van der Waals surface area (Å²) in [4.78, 5) is 34.7. The van der Waals surface area contributed by atoms with E-state index in [4.69, 9.17) is 42.1 Å². The zero-order chi connectivity index (χ0) is 34.5. The minimum atomic E-state index is -0.809. The monoisotopic (exact) mass is 729 g/mol. The van der Waals surface area contributed by atoms with Crippen molar-refractivity contribution >= 4 is 46.5 Å². The molecule has 3 fully saturated rings. The Bertz CT molecular complexity index is 1720. The molecular weight excluding hydrogens is 692 g/mol. The third kappa shape index (κ3) is 8.46. The summed E-state index contributed by atoms with van der Waals surface area (Å²) in [5.74, 6) is 0.0527. The van der Waals surface area contributed by atoms with Gasteiger partial charge >= 0.3 is 11.9 Å². The second-order valence-electron chi connectivity index (χ2n) is 12.3. The van der Waals surface area contributed by atoms with E-state index < -0.39 is 24.1 Å². The normalized spacial score (nSPS) is 21.3. The minimum Gasteiger partial charge on any atom is -0.493 e. The van der Waals surface area contributed by atoms with Gasteiger partial charge in [0.15, 0.2) is 11.5 Å². The topological polar surface area (TPSA) is 99.2 Å². The average molecular weight is 731 g/mol. The molecule has 1 aromatic carbocycles. The van der Waals surface area contributed by atoms with Crippen LogP contribution in [0.4, 0.5) is 4.39 Å². The van der Waals surface area contributed by atoms with Gasteiger partial charge in [0, 0.05) is 36.8 Å². The minimum absolute atomic E-state index is 0.164. The zero-order valence-corrected chi connectivity index (χ0v) is 29.6. The van der Waals surface area contributed by atoms with Gasteiger partial charge < -0.3 is 18.9 Å². The molecular formula is C36H38Cl2FN3O6S. The maximum Gasteiger partial charge on any atom is 0.348 e. The third-order valence-electron chi connectivity index (χ3n) is 9.28. The van der Waals surface area contributed by atoms with Crippen molar-refractivity contribution in [3.05, 3.63) is 97.2 Å². The predicted molar refractivity (Wildman–Crippen MR) is 186 cm³/mol. The Morgan fingerprint density at radius 1 is 1.08 bits per heavy atom. The van der Waals surface area contributed by atoms with Crippen LogP contribution in [0, 0.1) is 5.92 Å². The van der Waals surface area contributed by atoms with Crippen molar-refractivity contribution in [2.45, 2.75) is 56.9 Å². The van der Waals surface area contributed by atoms with E-state index in [1.807, 2.05) is 6.07 Å². The highest BCUT2D eigenvalue weighted by Crippen LogP contribution is 2.36. The molecule has 5 heterocycles. The SMILES string of the molecule is COc1ccc([C@H](Cc2c(Cl)cncc2Cl)OC(=O)c2ccc(CNC(C(=O)O[C@H]3CN4CCC3CC4)C3=CC(F)=CCC3)s2)cc1OC. The van der Waals surface area contributed by atoms with Crippen LogP contribution in [-0.4, -0.2) is 67.8 Å². The van der Waals surface area contributed by atoms with Crippen molar-refractivity contribution in [1.29, 1.82) is 0 Å². The number of nitrogens with one attached hydrogen (secondary N) is 1. The largest absolute Gasteiger partial charge is 0.493 e. The highest BCUT2D eigenvalue weighted by atomic mass is 35.5. The molecule has 3 aromatic rings. The molecule has 0 amide bonds. The van der Waals surface area contributed by atoms with E-state index in [2.05, 4.69) is 15.2 Å². The van der Waals surface area contributed by atoms with Crippen LogP contribution in [0.15, 0.2) is 66.3 Å². The van der Waals surface area contributed by atoms with E-state index in [1.165, 1.54) is 43.0 Å². The quantitative estimate of drug-likeness (QED) is 0.182. The van der Waals surface area contributed by atoms with Crippen molar-refractivity contribution in [1.82, 2.24) is 15.2 Å². The molecule has 2 aromatic heterocycles. The number of pyridine rings is 1. The average Bonchev–Trinajstić information content (AvgIpc) is 3.59. The van der Waals surface area contributed by atoms with E-state index >= 15 is 0 Å². The highest BCUT2D eigenvalue weighted by Gasteiger charge is 2.38. The molecule has 13 heteroatoms. The van der Waals surface area contributed by atoms with Gasteiger partial charge in [-0.2, -0.15) is 0 Å². The molecule has 9 nitrogen and oxygen atoms in total. The summed E-state index contributed by atoms with van der Waals surface area (Å²) in [6.45, 7) is 3.06. The second kappa shape index (κ2) is 16.0. The lowest BCUT2D eigenvalue weighted by molar-refractivity contribution is -0.160. The summed E-state index contributed by atoms with van der Waals surface area (Å²) in [6.07, 6.45) is 8.24. The van der Waals surface area contributed by atoms with Crippen LogP contribution < -0.4 is 14.8 Å². The summed E-state index contributed by atoms with van der Waals surface area (Å²) in [5, 5.41) is 4.00. The van der Waals surface area contributed by atoms with E-state index in [1.54, 1.807) is 31.4 Å². The molecule has 0 spiro atoms. The van der Waals surface area contributed by atoms with Crippen LogP contribution >= 0.6 is 34.5 Å². The van der Waals surface area contributed by atoms with Gasteiger partial charge in [-0.1, -0.05) is 29.3 Å². The van der Waals surface area contributed by atoms with E-state index in [-0.39, 0.29) is 24.9 Å². The van der Waals surface area contributed by atoms with Crippen molar-refractivity contribution in [3.63, 3.8) is 0 Å². The van der Waals surface area contributed by atoms with Gasteiger partial charge in [-0.3, -0.25) is 15.2 Å². The highest BCUT2D eigenvalue weighted by molar-refractivity contribution is 7.13. The molecule has 0 saturated carbocycles. The lowest BCUT2D eigenvalue weighted by Gasteiger charge is -2.44. The lowest BCUT2D eigenvalue weighted by Crippen LogP contribution is -2.53. The molecule has 3 atom stereocenters. The summed E-state index contributed by atoms with van der Waals surface area (Å²) in [5.41, 5.74) is 1.88. The first-order chi connectivity index (χ1) is 23.7. The first-order valence-corrected chi connectivity index (χ1v) is 17.8. The van der Waals surface area contributed by atoms with Crippen LogP contribution in [0.1, 0.15) is 57.5 Å². The second-order valence-corrected chi connectivity index (χ2v) is 14.3. The van der Waals surface area contributed by atoms with Crippen LogP contribution in [0.3, 0.4) is 0 Å². The van der Waals surface area contributed by atoms with Crippen molar-refractivity contribution in [3.8, 4) is 11.5 Å². The maximum absolute atomic E-state index is 14.3. The van der Waals surface area contributed by atoms with Gasteiger partial charge in [0.2, 0.25) is 0 Å². The fourth-order valence-corrected chi connectivity index (χ4v) is 7.97. The number of ether oxygens (including phenoxy) is 4.